The van der Waals surface area contributed by atoms with Crippen LogP contribution in [-0.4, -0.2) is 15.5 Å². The lowest BCUT2D eigenvalue weighted by atomic mass is 10.1. The van der Waals surface area contributed by atoms with E-state index in [-0.39, 0.29) is 5.56 Å². The molecule has 3 aromatic rings. The number of rotatable bonds is 2. The molecule has 0 aliphatic carbocycles. The van der Waals surface area contributed by atoms with Crippen LogP contribution in [0.25, 0.3) is 10.2 Å². The number of esters is 1. The Kier molecular flexibility index (Phi) is 4.01. The maximum atomic E-state index is 12.6. The topological polar surface area (TPSA) is 61.2 Å². The van der Waals surface area contributed by atoms with E-state index < -0.39 is 5.97 Å². The molecule has 6 heteroatoms. The fourth-order valence-corrected chi connectivity index (χ4v) is 3.89. The minimum Gasteiger partial charge on any atom is -0.422 e. The summed E-state index contributed by atoms with van der Waals surface area (Å²) in [6, 6.07) is 3.95. The van der Waals surface area contributed by atoms with Gasteiger partial charge in [-0.05, 0) is 44.4 Å². The summed E-state index contributed by atoms with van der Waals surface area (Å²) in [5, 5.41) is 0.481. The van der Waals surface area contributed by atoms with Crippen molar-refractivity contribution in [1.82, 2.24) is 9.55 Å². The molecule has 0 saturated heterocycles. The zero-order chi connectivity index (χ0) is 17.6. The molecule has 124 valence electrons. The molecule has 3 rings (SSSR count). The minimum atomic E-state index is -0.451. The first-order chi connectivity index (χ1) is 11.3. The number of aromatic nitrogens is 2. The predicted octanol–water partition coefficient (Wildman–Crippen LogP) is 3.45. The summed E-state index contributed by atoms with van der Waals surface area (Å²) in [6.07, 6.45) is 1.46. The van der Waals surface area contributed by atoms with Gasteiger partial charge in [0, 0.05) is 7.05 Å². The van der Waals surface area contributed by atoms with Gasteiger partial charge in [0.1, 0.15) is 15.5 Å². The van der Waals surface area contributed by atoms with Gasteiger partial charge in [0.25, 0.3) is 5.56 Å². The van der Waals surface area contributed by atoms with Crippen LogP contribution in [0.3, 0.4) is 0 Å². The molecule has 2 heterocycles. The average molecular weight is 342 g/mol. The smallest absolute Gasteiger partial charge is 0.354 e. The summed E-state index contributed by atoms with van der Waals surface area (Å²) in [7, 11) is 1.64. The first-order valence-electron chi connectivity index (χ1n) is 7.54. The van der Waals surface area contributed by atoms with Crippen LogP contribution < -0.4 is 10.3 Å². The Labute approximate surface area is 143 Å². The fraction of sp³-hybridized carbons (Fsp3) is 0.278. The lowest BCUT2D eigenvalue weighted by Gasteiger charge is -2.11. The van der Waals surface area contributed by atoms with Crippen LogP contribution in [0.1, 0.15) is 31.9 Å². The minimum absolute atomic E-state index is 0.157. The third kappa shape index (κ3) is 2.63. The molecule has 5 nitrogen and oxygen atoms in total. The van der Waals surface area contributed by atoms with Gasteiger partial charge in [-0.2, -0.15) is 0 Å². The predicted molar refractivity (Wildman–Crippen MR) is 95.2 cm³/mol. The van der Waals surface area contributed by atoms with Gasteiger partial charge in [0.05, 0.1) is 11.7 Å². The SMILES string of the molecule is Cc1cc(C)c(OC(=O)c2sc3ncn(C)c(=O)c3c2C)c(C)c1. The number of carbonyl (C=O) groups is 1. The summed E-state index contributed by atoms with van der Waals surface area (Å²) >= 11 is 1.19. The molecule has 0 unspecified atom stereocenters. The lowest BCUT2D eigenvalue weighted by molar-refractivity contribution is 0.0736. The van der Waals surface area contributed by atoms with Crippen LogP contribution in [0.2, 0.25) is 0 Å². The van der Waals surface area contributed by atoms with Crippen molar-refractivity contribution in [2.45, 2.75) is 27.7 Å². The number of ether oxygens (including phenoxy) is 1. The van der Waals surface area contributed by atoms with Crippen molar-refractivity contribution in [2.75, 3.05) is 0 Å². The van der Waals surface area contributed by atoms with E-state index in [0.717, 1.165) is 16.7 Å². The molecule has 0 radical (unpaired) electrons. The van der Waals surface area contributed by atoms with Gasteiger partial charge in [-0.15, -0.1) is 11.3 Å². The van der Waals surface area contributed by atoms with Crippen molar-refractivity contribution in [3.05, 3.63) is 55.9 Å². The number of hydrogen-bond acceptors (Lipinski definition) is 5. The van der Waals surface area contributed by atoms with Crippen molar-refractivity contribution >= 4 is 27.5 Å². The van der Waals surface area contributed by atoms with Gasteiger partial charge in [-0.1, -0.05) is 17.7 Å². The normalized spacial score (nSPS) is 11.0. The van der Waals surface area contributed by atoms with Crippen molar-refractivity contribution < 1.29 is 9.53 Å². The Morgan fingerprint density at radius 1 is 1.17 bits per heavy atom. The second kappa shape index (κ2) is 5.87. The molecule has 2 aromatic heterocycles. The molecular weight excluding hydrogens is 324 g/mol. The van der Waals surface area contributed by atoms with Gasteiger partial charge < -0.3 is 9.30 Å². The number of fused-ring (bicyclic) bond motifs is 1. The molecule has 0 saturated carbocycles. The molecular formula is C18H18N2O3S. The lowest BCUT2D eigenvalue weighted by Crippen LogP contribution is -2.17. The Morgan fingerprint density at radius 3 is 2.42 bits per heavy atom. The number of thiophene rings is 1. The second-order valence-electron chi connectivity index (χ2n) is 6.01. The monoisotopic (exact) mass is 342 g/mol. The Balaban J connectivity index is 2.06. The molecule has 0 aliphatic heterocycles. The fourth-order valence-electron chi connectivity index (χ4n) is 2.87. The van der Waals surface area contributed by atoms with Gasteiger partial charge >= 0.3 is 5.97 Å². The van der Waals surface area contributed by atoms with Crippen LogP contribution in [0.5, 0.6) is 5.75 Å². The van der Waals surface area contributed by atoms with Crippen LogP contribution in [0.15, 0.2) is 23.3 Å². The van der Waals surface area contributed by atoms with E-state index in [9.17, 15) is 9.59 Å². The van der Waals surface area contributed by atoms with Crippen LogP contribution in [-0.2, 0) is 7.05 Å². The number of carbonyl (C=O) groups excluding carboxylic acids is 1. The van der Waals surface area contributed by atoms with E-state index in [1.54, 1.807) is 14.0 Å². The first kappa shape index (κ1) is 16.4. The number of hydrogen-bond donors (Lipinski definition) is 0. The summed E-state index contributed by atoms with van der Waals surface area (Å²) in [6.45, 7) is 7.59. The van der Waals surface area contributed by atoms with Gasteiger partial charge in [0.15, 0.2) is 0 Å². The van der Waals surface area contributed by atoms with E-state index in [2.05, 4.69) is 4.98 Å². The molecule has 0 spiro atoms. The van der Waals surface area contributed by atoms with E-state index in [0.29, 0.717) is 26.4 Å². The maximum absolute atomic E-state index is 12.6. The van der Waals surface area contributed by atoms with Gasteiger partial charge in [-0.3, -0.25) is 4.79 Å². The highest BCUT2D eigenvalue weighted by Crippen LogP contribution is 2.30. The molecule has 0 fully saturated rings. The van der Waals surface area contributed by atoms with E-state index in [1.807, 2.05) is 32.9 Å². The van der Waals surface area contributed by atoms with Crippen LogP contribution in [0, 0.1) is 27.7 Å². The van der Waals surface area contributed by atoms with E-state index in [1.165, 1.54) is 22.2 Å². The second-order valence-corrected chi connectivity index (χ2v) is 7.01. The number of nitrogens with zero attached hydrogens (tertiary/aromatic N) is 2. The highest BCUT2D eigenvalue weighted by molar-refractivity contribution is 7.20. The Hall–Kier alpha value is -2.47. The van der Waals surface area contributed by atoms with Crippen molar-refractivity contribution in [2.24, 2.45) is 7.05 Å². The highest BCUT2D eigenvalue weighted by Gasteiger charge is 2.21. The number of aryl methyl sites for hydroxylation is 5. The average Bonchev–Trinajstić information content (AvgIpc) is 2.84. The maximum Gasteiger partial charge on any atom is 0.354 e. The van der Waals surface area contributed by atoms with Gasteiger partial charge in [0.2, 0.25) is 0 Å². The third-order valence-electron chi connectivity index (χ3n) is 4.00. The van der Waals surface area contributed by atoms with Crippen molar-refractivity contribution in [1.29, 1.82) is 0 Å². The van der Waals surface area contributed by atoms with Gasteiger partial charge in [-0.25, -0.2) is 9.78 Å². The van der Waals surface area contributed by atoms with Crippen molar-refractivity contribution in [3.8, 4) is 5.75 Å². The molecule has 0 amide bonds. The molecule has 0 N–H and O–H groups in total. The largest absolute Gasteiger partial charge is 0.422 e. The summed E-state index contributed by atoms with van der Waals surface area (Å²) < 4.78 is 7.04. The molecule has 1 aromatic carbocycles. The van der Waals surface area contributed by atoms with Crippen molar-refractivity contribution in [3.63, 3.8) is 0 Å². The van der Waals surface area contributed by atoms with E-state index >= 15 is 0 Å². The quantitative estimate of drug-likeness (QED) is 0.529. The highest BCUT2D eigenvalue weighted by atomic mass is 32.1. The first-order valence-corrected chi connectivity index (χ1v) is 8.36. The molecule has 0 aliphatic rings. The zero-order valence-electron chi connectivity index (χ0n) is 14.3. The number of benzene rings is 1. The van der Waals surface area contributed by atoms with Crippen LogP contribution >= 0.6 is 11.3 Å². The van der Waals surface area contributed by atoms with E-state index in [4.69, 9.17) is 4.74 Å². The Bertz CT molecular complexity index is 1010. The summed E-state index contributed by atoms with van der Waals surface area (Å²) in [5.74, 6) is 0.121. The Morgan fingerprint density at radius 2 is 1.79 bits per heavy atom. The molecule has 0 atom stereocenters. The standard InChI is InChI=1S/C18H18N2O3S/c1-9-6-10(2)14(11(3)7-9)23-18(22)15-12(4)13-16(24-15)19-8-20(5)17(13)21/h6-8H,1-5H3. The third-order valence-corrected chi connectivity index (χ3v) is 5.18. The molecule has 0 bridgehead atoms. The molecule has 24 heavy (non-hydrogen) atoms. The van der Waals surface area contributed by atoms with Crippen LogP contribution in [0.4, 0.5) is 0 Å². The zero-order valence-corrected chi connectivity index (χ0v) is 15.1. The summed E-state index contributed by atoms with van der Waals surface area (Å²) in [4.78, 5) is 30.1. The summed E-state index contributed by atoms with van der Waals surface area (Å²) in [5.41, 5.74) is 3.41.